The molecule has 0 saturated heterocycles. The van der Waals surface area contributed by atoms with Crippen LogP contribution < -0.4 is 5.32 Å². The summed E-state index contributed by atoms with van der Waals surface area (Å²) >= 11 is 0. The molecule has 18 heavy (non-hydrogen) atoms. The number of hydrogen-bond acceptors (Lipinski definition) is 5. The highest BCUT2D eigenvalue weighted by atomic mass is 16.5. The summed E-state index contributed by atoms with van der Waals surface area (Å²) < 4.78 is 9.87. The highest BCUT2D eigenvalue weighted by Crippen LogP contribution is 2.19. The van der Waals surface area contributed by atoms with E-state index >= 15 is 0 Å². The largest absolute Gasteiger partial charge is 0.467 e. The van der Waals surface area contributed by atoms with Gasteiger partial charge in [0.15, 0.2) is 0 Å². The highest BCUT2D eigenvalue weighted by Gasteiger charge is 2.22. The lowest BCUT2D eigenvalue weighted by atomic mass is 9.92. The van der Waals surface area contributed by atoms with Gasteiger partial charge in [0, 0.05) is 6.04 Å². The molecule has 1 aliphatic carbocycles. The molecule has 1 aliphatic rings. The van der Waals surface area contributed by atoms with Crippen LogP contribution in [0.4, 0.5) is 0 Å². The predicted octanol–water partition coefficient (Wildman–Crippen LogP) is 1.46. The van der Waals surface area contributed by atoms with Gasteiger partial charge in [-0.3, -0.25) is 0 Å². The van der Waals surface area contributed by atoms with E-state index in [1.54, 1.807) is 6.07 Å². The van der Waals surface area contributed by atoms with Crippen LogP contribution >= 0.6 is 0 Å². The van der Waals surface area contributed by atoms with E-state index in [-0.39, 0.29) is 12.1 Å². The monoisotopic (exact) mass is 253 g/mol. The van der Waals surface area contributed by atoms with E-state index in [0.717, 1.165) is 25.7 Å². The number of aliphatic hydroxyl groups is 1. The molecule has 2 rings (SSSR count). The zero-order valence-electron chi connectivity index (χ0n) is 10.5. The SMILES string of the molecule is COC(=O)c1coc(CNC2CCCCC2O)c1. The van der Waals surface area contributed by atoms with Crippen LogP contribution in [-0.2, 0) is 11.3 Å². The van der Waals surface area contributed by atoms with E-state index in [0.29, 0.717) is 17.9 Å². The number of ether oxygens (including phenoxy) is 1. The van der Waals surface area contributed by atoms with Crippen LogP contribution in [-0.4, -0.2) is 30.3 Å². The maximum Gasteiger partial charge on any atom is 0.341 e. The summed E-state index contributed by atoms with van der Waals surface area (Å²) in [6.45, 7) is 0.513. The first-order valence-corrected chi connectivity index (χ1v) is 6.28. The number of furan rings is 1. The molecule has 1 heterocycles. The first-order valence-electron chi connectivity index (χ1n) is 6.28. The molecule has 2 unspecified atom stereocenters. The summed E-state index contributed by atoms with van der Waals surface area (Å²) in [6.07, 6.45) is 5.16. The molecular weight excluding hydrogens is 234 g/mol. The van der Waals surface area contributed by atoms with Gasteiger partial charge in [0.1, 0.15) is 12.0 Å². The van der Waals surface area contributed by atoms with Gasteiger partial charge in [-0.2, -0.15) is 0 Å². The average Bonchev–Trinajstić information content (AvgIpc) is 2.86. The van der Waals surface area contributed by atoms with Crippen molar-refractivity contribution in [3.05, 3.63) is 23.7 Å². The molecule has 0 aromatic carbocycles. The van der Waals surface area contributed by atoms with Crippen molar-refractivity contribution in [2.75, 3.05) is 7.11 Å². The van der Waals surface area contributed by atoms with E-state index in [9.17, 15) is 9.90 Å². The van der Waals surface area contributed by atoms with Crippen LogP contribution in [0, 0.1) is 0 Å². The van der Waals surface area contributed by atoms with Crippen LogP contribution in [0.5, 0.6) is 0 Å². The molecule has 0 bridgehead atoms. The zero-order valence-corrected chi connectivity index (χ0v) is 10.5. The molecule has 0 aliphatic heterocycles. The van der Waals surface area contributed by atoms with Crippen LogP contribution in [0.15, 0.2) is 16.7 Å². The molecule has 100 valence electrons. The molecule has 1 saturated carbocycles. The summed E-state index contributed by atoms with van der Waals surface area (Å²) in [5.74, 6) is 0.274. The molecule has 2 atom stereocenters. The Hall–Kier alpha value is -1.33. The first-order chi connectivity index (χ1) is 8.70. The second-order valence-corrected chi connectivity index (χ2v) is 4.63. The summed E-state index contributed by atoms with van der Waals surface area (Å²) in [6, 6.07) is 1.78. The maximum absolute atomic E-state index is 11.2. The number of aliphatic hydroxyl groups excluding tert-OH is 1. The minimum absolute atomic E-state index is 0.116. The second-order valence-electron chi connectivity index (χ2n) is 4.63. The van der Waals surface area contributed by atoms with Crippen molar-refractivity contribution in [3.63, 3.8) is 0 Å². The van der Waals surface area contributed by atoms with Crippen molar-refractivity contribution in [2.24, 2.45) is 0 Å². The van der Waals surface area contributed by atoms with Gasteiger partial charge in [0.2, 0.25) is 0 Å². The molecule has 0 spiro atoms. The van der Waals surface area contributed by atoms with Gasteiger partial charge in [-0.25, -0.2) is 4.79 Å². The smallest absolute Gasteiger partial charge is 0.341 e. The molecule has 2 N–H and O–H groups in total. The highest BCUT2D eigenvalue weighted by molar-refractivity contribution is 5.88. The predicted molar refractivity (Wildman–Crippen MR) is 65.2 cm³/mol. The summed E-state index contributed by atoms with van der Waals surface area (Å²) in [5, 5.41) is 13.1. The Morgan fingerprint density at radius 1 is 1.56 bits per heavy atom. The van der Waals surface area contributed by atoms with Crippen molar-refractivity contribution in [3.8, 4) is 0 Å². The number of rotatable bonds is 4. The summed E-state index contributed by atoms with van der Waals surface area (Å²) in [4.78, 5) is 11.2. The molecule has 5 nitrogen and oxygen atoms in total. The lowest BCUT2D eigenvalue weighted by Gasteiger charge is -2.28. The van der Waals surface area contributed by atoms with Crippen molar-refractivity contribution < 1.29 is 19.1 Å². The standard InChI is InChI=1S/C13H19NO4/c1-17-13(16)9-6-10(18-8-9)7-14-11-4-2-3-5-12(11)15/h6,8,11-12,14-15H,2-5,7H2,1H3. The van der Waals surface area contributed by atoms with Crippen molar-refractivity contribution >= 4 is 5.97 Å². The lowest BCUT2D eigenvalue weighted by Crippen LogP contribution is -2.41. The van der Waals surface area contributed by atoms with Gasteiger partial charge in [-0.15, -0.1) is 0 Å². The normalized spacial score (nSPS) is 23.9. The number of esters is 1. The third-order valence-corrected chi connectivity index (χ3v) is 3.34. The number of methoxy groups -OCH3 is 1. The van der Waals surface area contributed by atoms with E-state index < -0.39 is 5.97 Å². The fourth-order valence-electron chi connectivity index (χ4n) is 2.28. The van der Waals surface area contributed by atoms with E-state index in [1.165, 1.54) is 13.4 Å². The first kappa shape index (κ1) is 13.1. The number of carbonyl (C=O) groups excluding carboxylic acids is 1. The van der Waals surface area contributed by atoms with Crippen LogP contribution in [0.2, 0.25) is 0 Å². The molecule has 0 radical (unpaired) electrons. The Balaban J connectivity index is 1.86. The average molecular weight is 253 g/mol. The lowest BCUT2D eigenvalue weighted by molar-refractivity contribution is 0.0600. The molecular formula is C13H19NO4. The Labute approximate surface area is 106 Å². The van der Waals surface area contributed by atoms with Gasteiger partial charge < -0.3 is 19.6 Å². The summed E-state index contributed by atoms with van der Waals surface area (Å²) in [5.41, 5.74) is 0.415. The van der Waals surface area contributed by atoms with Crippen molar-refractivity contribution in [1.82, 2.24) is 5.32 Å². The van der Waals surface area contributed by atoms with Crippen LogP contribution in [0.1, 0.15) is 41.8 Å². The molecule has 5 heteroatoms. The maximum atomic E-state index is 11.2. The molecule has 1 aromatic heterocycles. The molecule has 0 amide bonds. The Kier molecular flexibility index (Phi) is 4.38. The van der Waals surface area contributed by atoms with E-state index in [1.807, 2.05) is 0 Å². The van der Waals surface area contributed by atoms with Crippen LogP contribution in [0.25, 0.3) is 0 Å². The van der Waals surface area contributed by atoms with E-state index in [2.05, 4.69) is 10.1 Å². The van der Waals surface area contributed by atoms with Crippen molar-refractivity contribution in [2.45, 2.75) is 44.4 Å². The van der Waals surface area contributed by atoms with E-state index in [4.69, 9.17) is 4.42 Å². The quantitative estimate of drug-likeness (QED) is 0.795. The van der Waals surface area contributed by atoms with Gasteiger partial charge in [-0.05, 0) is 18.9 Å². The minimum atomic E-state index is -0.400. The zero-order chi connectivity index (χ0) is 13.0. The van der Waals surface area contributed by atoms with Crippen molar-refractivity contribution in [1.29, 1.82) is 0 Å². The number of hydrogen-bond donors (Lipinski definition) is 2. The van der Waals surface area contributed by atoms with Gasteiger partial charge in [0.05, 0.1) is 25.3 Å². The topological polar surface area (TPSA) is 71.7 Å². The Morgan fingerprint density at radius 3 is 3.06 bits per heavy atom. The number of nitrogens with one attached hydrogen (secondary N) is 1. The fraction of sp³-hybridized carbons (Fsp3) is 0.615. The molecule has 1 fully saturated rings. The van der Waals surface area contributed by atoms with Gasteiger partial charge in [-0.1, -0.05) is 12.8 Å². The third-order valence-electron chi connectivity index (χ3n) is 3.34. The molecule has 1 aromatic rings. The third kappa shape index (κ3) is 3.11. The van der Waals surface area contributed by atoms with Gasteiger partial charge >= 0.3 is 5.97 Å². The second kappa shape index (κ2) is 6.02. The summed E-state index contributed by atoms with van der Waals surface area (Å²) in [7, 11) is 1.34. The Morgan fingerprint density at radius 2 is 2.33 bits per heavy atom. The Bertz CT molecular complexity index is 401. The number of carbonyl (C=O) groups is 1. The minimum Gasteiger partial charge on any atom is -0.467 e. The van der Waals surface area contributed by atoms with Gasteiger partial charge in [0.25, 0.3) is 0 Å². The van der Waals surface area contributed by atoms with Crippen LogP contribution in [0.3, 0.4) is 0 Å². The fourth-order valence-corrected chi connectivity index (χ4v) is 2.28.